The number of aromatic nitrogens is 2. The van der Waals surface area contributed by atoms with Gasteiger partial charge in [-0.25, -0.2) is 4.39 Å². The van der Waals surface area contributed by atoms with Gasteiger partial charge < -0.3 is 15.2 Å². The molecular weight excluding hydrogens is 291 g/mol. The van der Waals surface area contributed by atoms with Gasteiger partial charge in [0, 0.05) is 25.5 Å². The van der Waals surface area contributed by atoms with Crippen LogP contribution in [0, 0.1) is 5.82 Å². The molecule has 2 amide bonds. The van der Waals surface area contributed by atoms with Crippen molar-refractivity contribution >= 4 is 11.8 Å². The Morgan fingerprint density at radius 3 is 2.64 bits per heavy atom. The summed E-state index contributed by atoms with van der Waals surface area (Å²) in [6, 6.07) is 5.67. The minimum absolute atomic E-state index is 0.120. The Labute approximate surface area is 125 Å². The third-order valence-electron chi connectivity index (χ3n) is 2.94. The lowest BCUT2D eigenvalue weighted by Gasteiger charge is -2.13. The fraction of sp³-hybridized carbons (Fsp3) is 0.286. The summed E-state index contributed by atoms with van der Waals surface area (Å²) in [5.74, 6) is -0.559. The van der Waals surface area contributed by atoms with Crippen LogP contribution in [0.25, 0.3) is 11.4 Å². The molecule has 2 N–H and O–H groups in total. The molecule has 0 radical (unpaired) electrons. The molecule has 0 bridgehead atoms. The lowest BCUT2D eigenvalue weighted by Crippen LogP contribution is -2.35. The molecule has 0 atom stereocenters. The number of hydrogen-bond donors (Lipinski definition) is 1. The SMILES string of the molecule is CN(CC(N)=O)C(=O)CCc1nc(-c2ccc(F)cc2)no1. The van der Waals surface area contributed by atoms with E-state index in [0.29, 0.717) is 17.3 Å². The van der Waals surface area contributed by atoms with Crippen molar-refractivity contribution in [2.45, 2.75) is 12.8 Å². The molecule has 0 aliphatic carbocycles. The van der Waals surface area contributed by atoms with Crippen molar-refractivity contribution in [2.24, 2.45) is 5.73 Å². The number of benzene rings is 1. The zero-order valence-corrected chi connectivity index (χ0v) is 12.0. The fourth-order valence-corrected chi connectivity index (χ4v) is 1.80. The average Bonchev–Trinajstić information content (AvgIpc) is 2.93. The van der Waals surface area contributed by atoms with E-state index in [4.69, 9.17) is 10.3 Å². The molecule has 1 heterocycles. The number of carbonyl (C=O) groups excluding carboxylic acids is 2. The van der Waals surface area contributed by atoms with Crippen molar-refractivity contribution in [3.63, 3.8) is 0 Å². The first-order chi connectivity index (χ1) is 10.5. The first-order valence-electron chi connectivity index (χ1n) is 6.56. The van der Waals surface area contributed by atoms with Gasteiger partial charge in [-0.05, 0) is 24.3 Å². The Balaban J connectivity index is 1.93. The van der Waals surface area contributed by atoms with Crippen LogP contribution in [-0.2, 0) is 16.0 Å². The maximum atomic E-state index is 12.8. The fourth-order valence-electron chi connectivity index (χ4n) is 1.80. The Morgan fingerprint density at radius 1 is 1.32 bits per heavy atom. The van der Waals surface area contributed by atoms with Crippen molar-refractivity contribution < 1.29 is 18.5 Å². The summed E-state index contributed by atoms with van der Waals surface area (Å²) in [4.78, 5) is 27.9. The van der Waals surface area contributed by atoms with Crippen molar-refractivity contribution in [1.29, 1.82) is 0 Å². The summed E-state index contributed by atoms with van der Waals surface area (Å²) in [6.07, 6.45) is 0.366. The quantitative estimate of drug-likeness (QED) is 0.848. The molecule has 22 heavy (non-hydrogen) atoms. The Hall–Kier alpha value is -2.77. The molecule has 7 nitrogen and oxygen atoms in total. The van der Waals surface area contributed by atoms with Crippen LogP contribution in [0.5, 0.6) is 0 Å². The van der Waals surface area contributed by atoms with Crippen LogP contribution in [0.3, 0.4) is 0 Å². The van der Waals surface area contributed by atoms with Crippen LogP contribution in [0.2, 0.25) is 0 Å². The molecule has 0 aliphatic rings. The van der Waals surface area contributed by atoms with Crippen LogP contribution >= 0.6 is 0 Å². The molecule has 0 fully saturated rings. The first kappa shape index (κ1) is 15.6. The second-order valence-electron chi connectivity index (χ2n) is 4.73. The lowest BCUT2D eigenvalue weighted by molar-refractivity contribution is -0.133. The second kappa shape index (κ2) is 6.79. The average molecular weight is 306 g/mol. The Bertz CT molecular complexity index is 669. The van der Waals surface area contributed by atoms with E-state index in [1.807, 2.05) is 0 Å². The maximum Gasteiger partial charge on any atom is 0.237 e. The van der Waals surface area contributed by atoms with E-state index in [0.717, 1.165) is 0 Å². The van der Waals surface area contributed by atoms with E-state index < -0.39 is 5.91 Å². The van der Waals surface area contributed by atoms with E-state index in [1.54, 1.807) is 0 Å². The number of carbonyl (C=O) groups is 2. The number of aryl methyl sites for hydroxylation is 1. The first-order valence-corrected chi connectivity index (χ1v) is 6.56. The summed E-state index contributed by atoms with van der Waals surface area (Å²) in [5.41, 5.74) is 5.64. The van der Waals surface area contributed by atoms with E-state index in [9.17, 15) is 14.0 Å². The number of primary amides is 1. The van der Waals surface area contributed by atoms with Crippen molar-refractivity contribution in [2.75, 3.05) is 13.6 Å². The Kier molecular flexibility index (Phi) is 4.82. The molecule has 8 heteroatoms. The number of likely N-dealkylation sites (N-methyl/N-ethyl adjacent to an activating group) is 1. The highest BCUT2D eigenvalue weighted by Crippen LogP contribution is 2.16. The van der Waals surface area contributed by atoms with Gasteiger partial charge in [0.2, 0.25) is 23.5 Å². The topological polar surface area (TPSA) is 102 Å². The molecule has 2 aromatic rings. The molecule has 0 saturated carbocycles. The standard InChI is InChI=1S/C14H15FN4O3/c1-19(8-11(16)20)13(21)7-6-12-17-14(18-22-12)9-2-4-10(15)5-3-9/h2-5H,6-8H2,1H3,(H2,16,20). The largest absolute Gasteiger partial charge is 0.368 e. The van der Waals surface area contributed by atoms with Gasteiger partial charge in [0.15, 0.2) is 0 Å². The Morgan fingerprint density at radius 2 is 2.00 bits per heavy atom. The minimum atomic E-state index is -0.577. The number of amides is 2. The maximum absolute atomic E-state index is 12.8. The van der Waals surface area contributed by atoms with Gasteiger partial charge >= 0.3 is 0 Å². The molecule has 1 aromatic heterocycles. The zero-order chi connectivity index (χ0) is 16.1. The van der Waals surface area contributed by atoms with Crippen LogP contribution < -0.4 is 5.73 Å². The van der Waals surface area contributed by atoms with Crippen LogP contribution in [0.15, 0.2) is 28.8 Å². The monoisotopic (exact) mass is 306 g/mol. The summed E-state index contributed by atoms with van der Waals surface area (Å²) in [7, 11) is 1.49. The second-order valence-corrected chi connectivity index (χ2v) is 4.73. The number of halogens is 1. The summed E-state index contributed by atoms with van der Waals surface area (Å²) in [5, 5.41) is 3.78. The number of nitrogens with two attached hydrogens (primary N) is 1. The molecule has 0 unspecified atom stereocenters. The van der Waals surface area contributed by atoms with Gasteiger partial charge in [0.25, 0.3) is 0 Å². The third-order valence-corrected chi connectivity index (χ3v) is 2.94. The highest BCUT2D eigenvalue weighted by atomic mass is 19.1. The van der Waals surface area contributed by atoms with Gasteiger partial charge in [-0.15, -0.1) is 0 Å². The van der Waals surface area contributed by atoms with Crippen LogP contribution in [-0.4, -0.2) is 40.4 Å². The summed E-state index contributed by atoms with van der Waals surface area (Å²) in [6.45, 7) is -0.135. The van der Waals surface area contributed by atoms with E-state index in [-0.39, 0.29) is 31.1 Å². The van der Waals surface area contributed by atoms with E-state index in [2.05, 4.69) is 10.1 Å². The molecule has 1 aromatic carbocycles. The van der Waals surface area contributed by atoms with Gasteiger partial charge in [0.05, 0.1) is 6.54 Å². The molecule has 2 rings (SSSR count). The number of nitrogens with zero attached hydrogens (tertiary/aromatic N) is 3. The molecule has 0 saturated heterocycles. The van der Waals surface area contributed by atoms with Crippen molar-refractivity contribution in [3.8, 4) is 11.4 Å². The highest BCUT2D eigenvalue weighted by molar-refractivity contribution is 5.83. The normalized spacial score (nSPS) is 10.5. The van der Waals surface area contributed by atoms with E-state index >= 15 is 0 Å². The van der Waals surface area contributed by atoms with Crippen LogP contribution in [0.4, 0.5) is 4.39 Å². The molecular formula is C14H15FN4O3. The van der Waals surface area contributed by atoms with Crippen LogP contribution in [0.1, 0.15) is 12.3 Å². The molecule has 0 spiro atoms. The predicted molar refractivity (Wildman–Crippen MR) is 74.8 cm³/mol. The summed E-state index contributed by atoms with van der Waals surface area (Å²) >= 11 is 0. The lowest BCUT2D eigenvalue weighted by atomic mass is 10.2. The van der Waals surface area contributed by atoms with Gasteiger partial charge in [-0.2, -0.15) is 4.98 Å². The van der Waals surface area contributed by atoms with Crippen molar-refractivity contribution in [3.05, 3.63) is 36.0 Å². The predicted octanol–water partition coefficient (Wildman–Crippen LogP) is 0.752. The molecule has 116 valence electrons. The number of hydrogen-bond acceptors (Lipinski definition) is 5. The third kappa shape index (κ3) is 4.11. The molecule has 0 aliphatic heterocycles. The summed E-state index contributed by atoms with van der Waals surface area (Å²) < 4.78 is 17.9. The number of rotatable bonds is 6. The van der Waals surface area contributed by atoms with E-state index in [1.165, 1.54) is 36.2 Å². The van der Waals surface area contributed by atoms with Gasteiger partial charge in [-0.3, -0.25) is 9.59 Å². The van der Waals surface area contributed by atoms with Gasteiger partial charge in [0.1, 0.15) is 5.82 Å². The zero-order valence-electron chi connectivity index (χ0n) is 12.0. The smallest absolute Gasteiger partial charge is 0.237 e. The van der Waals surface area contributed by atoms with Crippen molar-refractivity contribution in [1.82, 2.24) is 15.0 Å². The van der Waals surface area contributed by atoms with Gasteiger partial charge in [-0.1, -0.05) is 5.16 Å². The highest BCUT2D eigenvalue weighted by Gasteiger charge is 2.14. The minimum Gasteiger partial charge on any atom is -0.368 e.